The molecule has 0 aliphatic heterocycles. The van der Waals surface area contributed by atoms with Crippen LogP contribution in [0, 0.1) is 24.7 Å². The monoisotopic (exact) mass is 544 g/mol. The molecule has 3 aromatic rings. The van der Waals surface area contributed by atoms with Gasteiger partial charge in [-0.05, 0) is 19.3 Å². The fraction of sp³-hybridized carbons (Fsp3) is 0.486. The molecule has 0 aliphatic carbocycles. The Morgan fingerprint density at radius 3 is 1.19 bits per heavy atom. The van der Waals surface area contributed by atoms with E-state index in [-0.39, 0.29) is 0 Å². The van der Waals surface area contributed by atoms with Gasteiger partial charge in [-0.2, -0.15) is 0 Å². The third-order valence-electron chi connectivity index (χ3n) is 6.71. The van der Waals surface area contributed by atoms with Gasteiger partial charge in [0.1, 0.15) is 0 Å². The van der Waals surface area contributed by atoms with Crippen LogP contribution in [0.1, 0.15) is 91.6 Å². The predicted octanol–water partition coefficient (Wildman–Crippen LogP) is 8.49. The molecule has 0 aliphatic rings. The van der Waals surface area contributed by atoms with Gasteiger partial charge in [-0.3, -0.25) is 0 Å². The zero-order valence-corrected chi connectivity index (χ0v) is 27.3. The third kappa shape index (κ3) is 9.58. The van der Waals surface area contributed by atoms with Crippen LogP contribution < -0.4 is 0 Å². The van der Waals surface area contributed by atoms with Gasteiger partial charge in [-0.25, -0.2) is 0 Å². The predicted molar refractivity (Wildman–Crippen MR) is 163 cm³/mol. The van der Waals surface area contributed by atoms with Crippen molar-refractivity contribution in [3.05, 3.63) is 105 Å². The van der Waals surface area contributed by atoms with Crippen molar-refractivity contribution in [3.8, 4) is 0 Å². The first-order valence-corrected chi connectivity index (χ1v) is 19.5. The molecule has 0 heterocycles. The molecular weight excluding hydrogens is 493 g/mol. The van der Waals surface area contributed by atoms with E-state index < -0.39 is 15.4 Å². The van der Waals surface area contributed by atoms with Gasteiger partial charge in [-0.15, -0.1) is 0 Å². The molecule has 0 aromatic heterocycles. The van der Waals surface area contributed by atoms with Crippen LogP contribution in [0.15, 0.2) is 54.6 Å². The second-order valence-electron chi connectivity index (χ2n) is 12.5. The van der Waals surface area contributed by atoms with Crippen molar-refractivity contribution in [3.63, 3.8) is 0 Å². The number of rotatable bonds is 12. The van der Waals surface area contributed by atoms with Crippen LogP contribution in [0.25, 0.3) is 0 Å². The number of hydrogen-bond donors (Lipinski definition) is 0. The first-order valence-electron chi connectivity index (χ1n) is 14.4. The first kappa shape index (κ1) is 28.8. The van der Waals surface area contributed by atoms with Crippen LogP contribution in [0.4, 0.5) is 0 Å². The molecule has 0 fully saturated rings. The maximum absolute atomic E-state index is 2.51. The normalized spacial score (nSPS) is 12.1. The molecule has 0 bridgehead atoms. The number of benzene rings is 3. The Bertz CT molecular complexity index is 1120. The molecule has 3 rings (SSSR count). The van der Waals surface area contributed by atoms with Gasteiger partial charge in [0.2, 0.25) is 0 Å². The summed E-state index contributed by atoms with van der Waals surface area (Å²) in [6.45, 7) is 16.2. The van der Waals surface area contributed by atoms with Gasteiger partial charge in [0, 0.05) is 0 Å². The number of aryl methyl sites for hydroxylation is 1. The zero-order valence-electron chi connectivity index (χ0n) is 24.4. The van der Waals surface area contributed by atoms with E-state index in [0.29, 0.717) is 17.8 Å². The van der Waals surface area contributed by atoms with Crippen molar-refractivity contribution in [2.45, 2.75) is 91.6 Å². The molecule has 1 heteroatoms. The summed E-state index contributed by atoms with van der Waals surface area (Å²) in [7, 11) is 0. The summed E-state index contributed by atoms with van der Waals surface area (Å²) in [4.78, 5) is 0. The van der Waals surface area contributed by atoms with E-state index in [9.17, 15) is 0 Å². The van der Waals surface area contributed by atoms with E-state index in [1.807, 2.05) is 0 Å². The second-order valence-corrected chi connectivity index (χ2v) is 15.7. The molecular formula is C35H50Ge. The molecule has 194 valence electrons. The van der Waals surface area contributed by atoms with Crippen LogP contribution in [0.3, 0.4) is 0 Å². The SMILES string of the molecule is [CH3][GeH2][CH2]c1cc(Cc2cc(Cc3cc(C)cc(CC(C)C)c3)cc(CC(C)C)c2)cc(CC(C)C)c1. The molecule has 0 N–H and O–H groups in total. The quantitative estimate of drug-likeness (QED) is 0.201. The molecule has 0 spiro atoms. The Morgan fingerprint density at radius 1 is 0.472 bits per heavy atom. The molecule has 0 saturated carbocycles. The van der Waals surface area contributed by atoms with E-state index in [1.54, 1.807) is 5.56 Å². The Balaban J connectivity index is 1.94. The third-order valence-corrected chi connectivity index (χ3v) is 8.97. The van der Waals surface area contributed by atoms with Gasteiger partial charge in [0.05, 0.1) is 0 Å². The van der Waals surface area contributed by atoms with E-state index >= 15 is 0 Å². The van der Waals surface area contributed by atoms with Crippen molar-refractivity contribution in [1.29, 1.82) is 0 Å². The minimum atomic E-state index is -0.404. The molecule has 3 aromatic carbocycles. The molecule has 0 atom stereocenters. The average molecular weight is 543 g/mol. The molecule has 0 nitrogen and oxygen atoms in total. The summed E-state index contributed by atoms with van der Waals surface area (Å²) in [5.41, 5.74) is 13.4. The van der Waals surface area contributed by atoms with Crippen LogP contribution >= 0.6 is 0 Å². The van der Waals surface area contributed by atoms with Crippen molar-refractivity contribution in [2.75, 3.05) is 0 Å². The van der Waals surface area contributed by atoms with Gasteiger partial charge >= 0.3 is 190 Å². The molecule has 0 amide bonds. The van der Waals surface area contributed by atoms with E-state index in [2.05, 4.69) is 109 Å². The van der Waals surface area contributed by atoms with Crippen LogP contribution in [0.2, 0.25) is 5.76 Å². The average Bonchev–Trinajstić information content (AvgIpc) is 2.71. The fourth-order valence-corrected chi connectivity index (χ4v) is 7.52. The zero-order chi connectivity index (χ0) is 26.2. The van der Waals surface area contributed by atoms with Crippen LogP contribution in [0.5, 0.6) is 0 Å². The van der Waals surface area contributed by atoms with Crippen molar-refractivity contribution in [1.82, 2.24) is 0 Å². The van der Waals surface area contributed by atoms with Crippen LogP contribution in [-0.2, 0) is 37.4 Å². The van der Waals surface area contributed by atoms with Crippen molar-refractivity contribution >= 4 is 15.4 Å². The Morgan fingerprint density at radius 2 is 0.778 bits per heavy atom. The summed E-state index contributed by atoms with van der Waals surface area (Å²) in [6, 6.07) is 22.1. The Labute approximate surface area is 228 Å². The van der Waals surface area contributed by atoms with Gasteiger partial charge in [-0.1, -0.05) is 19.9 Å². The molecule has 0 radical (unpaired) electrons. The van der Waals surface area contributed by atoms with Gasteiger partial charge in [0.25, 0.3) is 0 Å². The summed E-state index contributed by atoms with van der Waals surface area (Å²) < 4.78 is 0. The topological polar surface area (TPSA) is 0 Å². The Kier molecular flexibility index (Phi) is 10.9. The second kappa shape index (κ2) is 13.7. The van der Waals surface area contributed by atoms with Crippen LogP contribution in [-0.4, -0.2) is 15.4 Å². The summed E-state index contributed by atoms with van der Waals surface area (Å²) in [5.74, 6) is 4.53. The Hall–Kier alpha value is -1.80. The van der Waals surface area contributed by atoms with Crippen molar-refractivity contribution in [2.24, 2.45) is 17.8 Å². The summed E-state index contributed by atoms with van der Waals surface area (Å²) in [6.07, 6.45) is 5.55. The fourth-order valence-electron chi connectivity index (χ4n) is 5.71. The van der Waals surface area contributed by atoms with E-state index in [4.69, 9.17) is 0 Å². The number of hydrogen-bond acceptors (Lipinski definition) is 0. The maximum atomic E-state index is 2.51. The summed E-state index contributed by atoms with van der Waals surface area (Å²) >= 11 is -0.404. The van der Waals surface area contributed by atoms with Gasteiger partial charge < -0.3 is 0 Å². The summed E-state index contributed by atoms with van der Waals surface area (Å²) in [5, 5.41) is 1.36. The van der Waals surface area contributed by atoms with E-state index in [0.717, 1.165) is 25.7 Å². The standard InChI is InChI=1S/C35H50Ge/c1-24(2)9-28-12-27(7)13-31(14-28)18-32-15-29(10-25(3)4)16-33(19-32)20-34-17-30(11-26(5)6)21-35(22-34)23-36-8/h12-17,19,21-22,24-26H,9-11,18,20,23,36H2,1-8H3. The molecule has 36 heavy (non-hydrogen) atoms. The first-order chi connectivity index (χ1) is 17.1. The molecule has 0 saturated heterocycles. The van der Waals surface area contributed by atoms with Crippen molar-refractivity contribution < 1.29 is 0 Å². The van der Waals surface area contributed by atoms with Gasteiger partial charge in [0.15, 0.2) is 0 Å². The molecule has 0 unspecified atom stereocenters. The van der Waals surface area contributed by atoms with E-state index in [1.165, 1.54) is 56.2 Å². The minimum absolute atomic E-state index is 0.404.